The Labute approximate surface area is 141 Å². The van der Waals surface area contributed by atoms with Crippen LogP contribution in [0.5, 0.6) is 0 Å². The van der Waals surface area contributed by atoms with E-state index in [4.69, 9.17) is 0 Å². The highest BCUT2D eigenvalue weighted by Gasteiger charge is 2.20. The highest BCUT2D eigenvalue weighted by molar-refractivity contribution is 7.90. The van der Waals surface area contributed by atoms with Gasteiger partial charge in [0.2, 0.25) is 5.91 Å². The third-order valence-corrected chi connectivity index (χ3v) is 5.58. The van der Waals surface area contributed by atoms with Gasteiger partial charge >= 0.3 is 0 Å². The minimum atomic E-state index is -3.36. The lowest BCUT2D eigenvalue weighted by Gasteiger charge is -2.07. The third-order valence-electron chi connectivity index (χ3n) is 4.38. The molecular formula is C17H21N3O3S. The van der Waals surface area contributed by atoms with E-state index in [2.05, 4.69) is 15.5 Å². The molecule has 24 heavy (non-hydrogen) atoms. The van der Waals surface area contributed by atoms with Gasteiger partial charge in [-0.2, -0.15) is 5.10 Å². The molecule has 1 aliphatic carbocycles. The molecule has 0 spiro atoms. The van der Waals surface area contributed by atoms with Crippen molar-refractivity contribution in [3.8, 4) is 0 Å². The first-order valence-electron chi connectivity index (χ1n) is 8.06. The molecule has 0 atom stereocenters. The van der Waals surface area contributed by atoms with Gasteiger partial charge in [0, 0.05) is 23.9 Å². The number of rotatable bonds is 5. The Kier molecular flexibility index (Phi) is 4.71. The van der Waals surface area contributed by atoms with Crippen molar-refractivity contribution in [1.82, 2.24) is 10.2 Å². The molecule has 1 fully saturated rings. The van der Waals surface area contributed by atoms with Gasteiger partial charge in [-0.25, -0.2) is 8.42 Å². The standard InChI is InChI=1S/C17H21N3O3S/c1-24(22,23)15-9-5-4-8-13(15)10-17(21)18-16-11-14(19-20-16)12-6-2-3-7-12/h4-5,8-9,11-12H,2-3,6-7,10H2,1H3,(H2,18,19,20,21). The number of benzene rings is 1. The van der Waals surface area contributed by atoms with Crippen molar-refractivity contribution < 1.29 is 13.2 Å². The van der Waals surface area contributed by atoms with Crippen LogP contribution >= 0.6 is 0 Å². The van der Waals surface area contributed by atoms with Gasteiger partial charge in [0.1, 0.15) is 0 Å². The Balaban J connectivity index is 1.68. The van der Waals surface area contributed by atoms with E-state index in [1.165, 1.54) is 18.9 Å². The molecule has 128 valence electrons. The number of amides is 1. The van der Waals surface area contributed by atoms with Crippen LogP contribution < -0.4 is 5.32 Å². The monoisotopic (exact) mass is 347 g/mol. The molecule has 1 saturated carbocycles. The SMILES string of the molecule is CS(=O)(=O)c1ccccc1CC(=O)Nc1cc(C2CCCC2)[nH]n1. The molecule has 0 saturated heterocycles. The van der Waals surface area contributed by atoms with Gasteiger partial charge in [-0.15, -0.1) is 0 Å². The molecule has 1 heterocycles. The summed E-state index contributed by atoms with van der Waals surface area (Å²) in [6.07, 6.45) is 5.90. The Morgan fingerprint density at radius 2 is 2.00 bits per heavy atom. The predicted octanol–water partition coefficient (Wildman–Crippen LogP) is 2.65. The lowest BCUT2D eigenvalue weighted by Crippen LogP contribution is -2.16. The van der Waals surface area contributed by atoms with E-state index in [-0.39, 0.29) is 17.2 Å². The number of H-pyrrole nitrogens is 1. The number of hydrogen-bond donors (Lipinski definition) is 2. The number of sulfone groups is 1. The number of carbonyl (C=O) groups excluding carboxylic acids is 1. The Hall–Kier alpha value is -2.15. The maximum Gasteiger partial charge on any atom is 0.230 e. The molecule has 7 heteroatoms. The number of nitrogens with one attached hydrogen (secondary N) is 2. The molecule has 0 unspecified atom stereocenters. The lowest BCUT2D eigenvalue weighted by atomic mass is 10.0. The van der Waals surface area contributed by atoms with Crippen molar-refractivity contribution in [2.45, 2.75) is 42.9 Å². The summed E-state index contributed by atoms with van der Waals surface area (Å²) < 4.78 is 23.6. The number of aromatic amines is 1. The average molecular weight is 347 g/mol. The molecule has 2 N–H and O–H groups in total. The fraction of sp³-hybridized carbons (Fsp3) is 0.412. The molecule has 0 aliphatic heterocycles. The summed E-state index contributed by atoms with van der Waals surface area (Å²) in [5.74, 6) is 0.698. The Bertz CT molecular complexity index is 836. The third kappa shape index (κ3) is 3.84. The van der Waals surface area contributed by atoms with Crippen molar-refractivity contribution in [3.63, 3.8) is 0 Å². The second kappa shape index (κ2) is 6.76. The summed E-state index contributed by atoms with van der Waals surface area (Å²) in [6.45, 7) is 0. The van der Waals surface area contributed by atoms with E-state index in [9.17, 15) is 13.2 Å². The van der Waals surface area contributed by atoms with Crippen LogP contribution in [0.25, 0.3) is 0 Å². The lowest BCUT2D eigenvalue weighted by molar-refractivity contribution is -0.115. The van der Waals surface area contributed by atoms with Crippen molar-refractivity contribution in [3.05, 3.63) is 41.6 Å². The van der Waals surface area contributed by atoms with E-state index < -0.39 is 9.84 Å². The molecule has 1 amide bonds. The zero-order chi connectivity index (χ0) is 17.2. The number of aromatic nitrogens is 2. The van der Waals surface area contributed by atoms with E-state index in [0.29, 0.717) is 17.3 Å². The molecule has 6 nitrogen and oxygen atoms in total. The van der Waals surface area contributed by atoms with Crippen LogP contribution in [-0.4, -0.2) is 30.8 Å². The minimum Gasteiger partial charge on any atom is -0.309 e. The summed E-state index contributed by atoms with van der Waals surface area (Å²) in [7, 11) is -3.36. The van der Waals surface area contributed by atoms with Gasteiger partial charge in [0.05, 0.1) is 11.3 Å². The molecular weight excluding hydrogens is 326 g/mol. The van der Waals surface area contributed by atoms with E-state index >= 15 is 0 Å². The van der Waals surface area contributed by atoms with Crippen LogP contribution in [0.3, 0.4) is 0 Å². The Morgan fingerprint density at radius 3 is 2.71 bits per heavy atom. The predicted molar refractivity (Wildman–Crippen MR) is 91.7 cm³/mol. The highest BCUT2D eigenvalue weighted by atomic mass is 32.2. The van der Waals surface area contributed by atoms with E-state index in [1.54, 1.807) is 18.2 Å². The molecule has 1 aromatic heterocycles. The molecule has 1 aliphatic rings. The van der Waals surface area contributed by atoms with Crippen LogP contribution in [0.2, 0.25) is 0 Å². The van der Waals surface area contributed by atoms with Gasteiger partial charge < -0.3 is 5.32 Å². The van der Waals surface area contributed by atoms with Gasteiger partial charge in [-0.1, -0.05) is 31.0 Å². The number of hydrogen-bond acceptors (Lipinski definition) is 4. The fourth-order valence-corrected chi connectivity index (χ4v) is 4.16. The zero-order valence-electron chi connectivity index (χ0n) is 13.6. The van der Waals surface area contributed by atoms with Crippen LogP contribution in [0.1, 0.15) is 42.9 Å². The van der Waals surface area contributed by atoms with E-state index in [0.717, 1.165) is 24.8 Å². The van der Waals surface area contributed by atoms with Crippen LogP contribution in [-0.2, 0) is 21.1 Å². The second-order valence-electron chi connectivity index (χ2n) is 6.29. The maximum absolute atomic E-state index is 12.2. The molecule has 0 radical (unpaired) electrons. The molecule has 2 aromatic rings. The number of nitrogens with zero attached hydrogens (tertiary/aromatic N) is 1. The van der Waals surface area contributed by atoms with Crippen LogP contribution in [0.4, 0.5) is 5.82 Å². The van der Waals surface area contributed by atoms with Crippen molar-refractivity contribution in [2.75, 3.05) is 11.6 Å². The van der Waals surface area contributed by atoms with Gasteiger partial charge in [0.15, 0.2) is 15.7 Å². The Morgan fingerprint density at radius 1 is 1.29 bits per heavy atom. The fourth-order valence-electron chi connectivity index (χ4n) is 3.22. The van der Waals surface area contributed by atoms with Gasteiger partial charge in [0.25, 0.3) is 0 Å². The molecule has 3 rings (SSSR count). The summed E-state index contributed by atoms with van der Waals surface area (Å²) in [5.41, 5.74) is 1.54. The molecule has 0 bridgehead atoms. The topological polar surface area (TPSA) is 91.9 Å². The average Bonchev–Trinajstić information content (AvgIpc) is 3.17. The normalized spacial score (nSPS) is 15.5. The largest absolute Gasteiger partial charge is 0.309 e. The highest BCUT2D eigenvalue weighted by Crippen LogP contribution is 2.33. The summed E-state index contributed by atoms with van der Waals surface area (Å²) in [4.78, 5) is 12.4. The second-order valence-corrected chi connectivity index (χ2v) is 8.28. The van der Waals surface area contributed by atoms with Crippen molar-refractivity contribution in [1.29, 1.82) is 0 Å². The quantitative estimate of drug-likeness (QED) is 0.870. The van der Waals surface area contributed by atoms with Crippen molar-refractivity contribution >= 4 is 21.6 Å². The first-order valence-corrected chi connectivity index (χ1v) is 9.96. The van der Waals surface area contributed by atoms with Gasteiger partial charge in [-0.05, 0) is 24.5 Å². The van der Waals surface area contributed by atoms with E-state index in [1.807, 2.05) is 6.07 Å². The first kappa shape index (κ1) is 16.7. The van der Waals surface area contributed by atoms with Crippen LogP contribution in [0.15, 0.2) is 35.2 Å². The number of carbonyl (C=O) groups is 1. The minimum absolute atomic E-state index is 0.00509. The maximum atomic E-state index is 12.2. The number of anilines is 1. The molecule has 1 aromatic carbocycles. The zero-order valence-corrected chi connectivity index (χ0v) is 14.4. The van der Waals surface area contributed by atoms with Crippen LogP contribution in [0, 0.1) is 0 Å². The summed E-state index contributed by atoms with van der Waals surface area (Å²) in [6, 6.07) is 8.43. The van der Waals surface area contributed by atoms with Crippen molar-refractivity contribution in [2.24, 2.45) is 0 Å². The summed E-state index contributed by atoms with van der Waals surface area (Å²) >= 11 is 0. The first-order chi connectivity index (χ1) is 11.4. The van der Waals surface area contributed by atoms with Gasteiger partial charge in [-0.3, -0.25) is 9.89 Å². The summed E-state index contributed by atoms with van der Waals surface area (Å²) in [5, 5.41) is 9.87. The smallest absolute Gasteiger partial charge is 0.230 e.